The molecule has 0 atom stereocenters. The summed E-state index contributed by atoms with van der Waals surface area (Å²) in [7, 11) is 2.13. The summed E-state index contributed by atoms with van der Waals surface area (Å²) in [5.41, 5.74) is 3.52. The molecule has 0 amide bonds. The van der Waals surface area contributed by atoms with Crippen molar-refractivity contribution in [1.82, 2.24) is 14.9 Å². The first-order valence-corrected chi connectivity index (χ1v) is 10.6. The van der Waals surface area contributed by atoms with E-state index in [0.717, 1.165) is 49.3 Å². The third kappa shape index (κ3) is 5.18. The van der Waals surface area contributed by atoms with E-state index in [-0.39, 0.29) is 17.9 Å². The van der Waals surface area contributed by atoms with Gasteiger partial charge in [0.15, 0.2) is 11.6 Å². The number of hydrogen-bond acceptors (Lipinski definition) is 6. The van der Waals surface area contributed by atoms with Gasteiger partial charge >= 0.3 is 0 Å². The number of aromatic nitrogens is 2. The molecule has 2 heterocycles. The first kappa shape index (κ1) is 21.6. The number of nitrogens with one attached hydrogen (secondary N) is 1. The zero-order valence-electron chi connectivity index (χ0n) is 18.1. The highest BCUT2D eigenvalue weighted by Gasteiger charge is 2.15. The summed E-state index contributed by atoms with van der Waals surface area (Å²) in [6, 6.07) is 15.2. The fourth-order valence-electron chi connectivity index (χ4n) is 3.71. The highest BCUT2D eigenvalue weighted by atomic mass is 19.1. The molecule has 1 N–H and O–H groups in total. The van der Waals surface area contributed by atoms with E-state index < -0.39 is 5.82 Å². The number of hydrogen-bond donors (Lipinski definition) is 1. The number of rotatable bonds is 7. The van der Waals surface area contributed by atoms with Gasteiger partial charge < -0.3 is 15.1 Å². The van der Waals surface area contributed by atoms with E-state index in [1.165, 1.54) is 6.08 Å². The standard InChI is InChI=1S/C25H26FN5O/c1-3-22(32)15-18-6-4-7-19(14-18)24-23(26)17-27-25(29-24)28-20-8-5-9-21(16-20)31-12-10-30(2)11-13-31/h3-9,14,16-17H,1,10-13,15H2,2H3,(H,27,28,29). The van der Waals surface area contributed by atoms with Gasteiger partial charge in [-0.3, -0.25) is 4.79 Å². The molecule has 3 aromatic rings. The Labute approximate surface area is 187 Å². The molecule has 4 rings (SSSR count). The zero-order chi connectivity index (χ0) is 22.5. The summed E-state index contributed by atoms with van der Waals surface area (Å²) in [5.74, 6) is -0.300. The van der Waals surface area contributed by atoms with Crippen molar-refractivity contribution >= 4 is 23.1 Å². The predicted molar refractivity (Wildman–Crippen MR) is 126 cm³/mol. The minimum atomic E-state index is -0.520. The molecule has 1 aliphatic heterocycles. The molecular weight excluding hydrogens is 405 g/mol. The summed E-state index contributed by atoms with van der Waals surface area (Å²) in [6.45, 7) is 7.50. The molecule has 0 radical (unpaired) electrons. The first-order chi connectivity index (χ1) is 15.5. The maximum atomic E-state index is 14.5. The SMILES string of the molecule is C=CC(=O)Cc1cccc(-c2nc(Nc3cccc(N4CCN(C)CC4)c3)ncc2F)c1. The van der Waals surface area contributed by atoms with Crippen LogP contribution in [-0.2, 0) is 11.2 Å². The molecule has 1 aromatic heterocycles. The number of ketones is 1. The number of carbonyl (C=O) groups excluding carboxylic acids is 1. The van der Waals surface area contributed by atoms with E-state index in [2.05, 4.69) is 50.8 Å². The van der Waals surface area contributed by atoms with Gasteiger partial charge in [-0.05, 0) is 43.0 Å². The molecule has 0 unspecified atom stereocenters. The van der Waals surface area contributed by atoms with Crippen molar-refractivity contribution in [3.05, 3.63) is 78.8 Å². The highest BCUT2D eigenvalue weighted by molar-refractivity contribution is 5.91. The van der Waals surface area contributed by atoms with E-state index in [0.29, 0.717) is 11.5 Å². The number of piperazine rings is 1. The van der Waals surface area contributed by atoms with Crippen molar-refractivity contribution in [3.63, 3.8) is 0 Å². The fourth-order valence-corrected chi connectivity index (χ4v) is 3.71. The summed E-state index contributed by atoms with van der Waals surface area (Å²) >= 11 is 0. The summed E-state index contributed by atoms with van der Waals surface area (Å²) in [4.78, 5) is 24.9. The van der Waals surface area contributed by atoms with Gasteiger partial charge in [0.1, 0.15) is 5.69 Å². The summed E-state index contributed by atoms with van der Waals surface area (Å²) in [5, 5.41) is 3.19. The maximum absolute atomic E-state index is 14.5. The molecule has 0 aliphatic carbocycles. The van der Waals surface area contributed by atoms with E-state index in [1.54, 1.807) is 18.2 Å². The number of likely N-dealkylation sites (N-methyl/N-ethyl adjacent to an activating group) is 1. The Kier molecular flexibility index (Phi) is 6.56. The third-order valence-corrected chi connectivity index (χ3v) is 5.52. The molecule has 164 valence electrons. The molecule has 1 saturated heterocycles. The van der Waals surface area contributed by atoms with Gasteiger partial charge in [-0.1, -0.05) is 30.8 Å². The molecule has 0 spiro atoms. The normalized spacial score (nSPS) is 14.2. The number of benzene rings is 2. The molecule has 0 saturated carbocycles. The van der Waals surface area contributed by atoms with Gasteiger partial charge in [0.2, 0.25) is 5.95 Å². The van der Waals surface area contributed by atoms with Gasteiger partial charge in [0, 0.05) is 49.5 Å². The van der Waals surface area contributed by atoms with Crippen LogP contribution in [0.4, 0.5) is 21.7 Å². The maximum Gasteiger partial charge on any atom is 0.227 e. The number of allylic oxidation sites excluding steroid dienone is 1. The van der Waals surface area contributed by atoms with Crippen LogP contribution >= 0.6 is 0 Å². The average molecular weight is 432 g/mol. The minimum absolute atomic E-state index is 0.0899. The third-order valence-electron chi connectivity index (χ3n) is 5.52. The second-order valence-electron chi connectivity index (χ2n) is 7.90. The van der Waals surface area contributed by atoms with E-state index in [1.807, 2.05) is 18.2 Å². The van der Waals surface area contributed by atoms with Gasteiger partial charge in [-0.25, -0.2) is 14.4 Å². The topological polar surface area (TPSA) is 61.4 Å². The van der Waals surface area contributed by atoms with Crippen molar-refractivity contribution in [2.75, 3.05) is 43.4 Å². The van der Waals surface area contributed by atoms with Gasteiger partial charge in [-0.15, -0.1) is 0 Å². The molecule has 6 nitrogen and oxygen atoms in total. The lowest BCUT2D eigenvalue weighted by molar-refractivity contribution is -0.114. The van der Waals surface area contributed by atoms with Gasteiger partial charge in [0.25, 0.3) is 0 Å². The Bertz CT molecular complexity index is 1120. The van der Waals surface area contributed by atoms with Crippen LogP contribution in [0, 0.1) is 5.82 Å². The Morgan fingerprint density at radius 3 is 2.72 bits per heavy atom. The molecule has 1 fully saturated rings. The molecule has 1 aliphatic rings. The van der Waals surface area contributed by atoms with Crippen molar-refractivity contribution in [3.8, 4) is 11.3 Å². The van der Waals surface area contributed by atoms with Crippen molar-refractivity contribution in [2.45, 2.75) is 6.42 Å². The van der Waals surface area contributed by atoms with Crippen molar-refractivity contribution in [1.29, 1.82) is 0 Å². The number of halogens is 1. The van der Waals surface area contributed by atoms with Crippen molar-refractivity contribution in [2.24, 2.45) is 0 Å². The highest BCUT2D eigenvalue weighted by Crippen LogP contribution is 2.26. The molecule has 0 bridgehead atoms. The Morgan fingerprint density at radius 2 is 1.94 bits per heavy atom. The molecule has 2 aromatic carbocycles. The molecule has 32 heavy (non-hydrogen) atoms. The zero-order valence-corrected chi connectivity index (χ0v) is 18.1. The van der Waals surface area contributed by atoms with Crippen LogP contribution in [0.25, 0.3) is 11.3 Å². The second kappa shape index (κ2) is 9.70. The first-order valence-electron chi connectivity index (χ1n) is 10.6. The molecular formula is C25H26FN5O. The van der Waals surface area contributed by atoms with Crippen LogP contribution in [0.15, 0.2) is 67.4 Å². The van der Waals surface area contributed by atoms with Gasteiger partial charge in [0.05, 0.1) is 6.20 Å². The average Bonchev–Trinajstić information content (AvgIpc) is 2.81. The predicted octanol–water partition coefficient (Wildman–Crippen LogP) is 4.08. The number of anilines is 3. The van der Waals surface area contributed by atoms with Crippen LogP contribution in [0.3, 0.4) is 0 Å². The van der Waals surface area contributed by atoms with Crippen LogP contribution in [-0.4, -0.2) is 53.9 Å². The van der Waals surface area contributed by atoms with Crippen LogP contribution in [0.2, 0.25) is 0 Å². The largest absolute Gasteiger partial charge is 0.369 e. The smallest absolute Gasteiger partial charge is 0.227 e. The Morgan fingerprint density at radius 1 is 1.16 bits per heavy atom. The lowest BCUT2D eigenvalue weighted by Crippen LogP contribution is -2.44. The lowest BCUT2D eigenvalue weighted by atomic mass is 10.0. The Hall–Kier alpha value is -3.58. The Balaban J connectivity index is 1.55. The van der Waals surface area contributed by atoms with Crippen molar-refractivity contribution < 1.29 is 9.18 Å². The summed E-state index contributed by atoms with van der Waals surface area (Å²) in [6.07, 6.45) is 2.67. The fraction of sp³-hybridized carbons (Fsp3) is 0.240. The second-order valence-corrected chi connectivity index (χ2v) is 7.90. The molecule has 7 heteroatoms. The van der Waals surface area contributed by atoms with Crippen LogP contribution < -0.4 is 10.2 Å². The monoisotopic (exact) mass is 431 g/mol. The number of carbonyl (C=O) groups is 1. The van der Waals surface area contributed by atoms with Gasteiger partial charge in [-0.2, -0.15) is 0 Å². The summed E-state index contributed by atoms with van der Waals surface area (Å²) < 4.78 is 14.5. The lowest BCUT2D eigenvalue weighted by Gasteiger charge is -2.34. The van der Waals surface area contributed by atoms with E-state index >= 15 is 0 Å². The van der Waals surface area contributed by atoms with Crippen LogP contribution in [0.5, 0.6) is 0 Å². The van der Waals surface area contributed by atoms with Crippen LogP contribution in [0.1, 0.15) is 5.56 Å². The van der Waals surface area contributed by atoms with E-state index in [9.17, 15) is 9.18 Å². The minimum Gasteiger partial charge on any atom is -0.369 e. The number of nitrogens with zero attached hydrogens (tertiary/aromatic N) is 4. The quantitative estimate of drug-likeness (QED) is 0.569. The van der Waals surface area contributed by atoms with E-state index in [4.69, 9.17) is 0 Å².